The van der Waals surface area contributed by atoms with E-state index in [2.05, 4.69) is 79.7 Å². The molecule has 0 atom stereocenters. The van der Waals surface area contributed by atoms with Crippen LogP contribution in [-0.2, 0) is 0 Å². The predicted octanol–water partition coefficient (Wildman–Crippen LogP) is 10.1. The Labute approximate surface area is 263 Å². The minimum Gasteiger partial charge on any atom is -0.208 e. The number of nitrogens with zero attached hydrogens (tertiary/aromatic N) is 4. The summed E-state index contributed by atoms with van der Waals surface area (Å²) in [5.74, 6) is 1.88. The Morgan fingerprint density at radius 3 is 1.27 bits per heavy atom. The number of hydrogen-bond donors (Lipinski definition) is 0. The highest BCUT2D eigenvalue weighted by molar-refractivity contribution is 5.80. The van der Waals surface area contributed by atoms with E-state index in [4.69, 9.17) is 15.0 Å². The maximum atomic E-state index is 9.82. The number of rotatable bonds is 6. The molecular formula is C41H28N4. The van der Waals surface area contributed by atoms with E-state index < -0.39 is 0 Å². The standard InChI is InChI=1S/C41H28N4/c1-28-11-8-16-32(21-28)37-22-29(27-42)23-38(26-37)35-19-9-17-33(24-35)34-18-10-20-36(25-34)41-44-39(30-12-4-2-5-13-30)43-40(45-41)31-14-6-3-7-15-31/h2-26H,1H3. The lowest BCUT2D eigenvalue weighted by Gasteiger charge is -2.11. The first-order valence-corrected chi connectivity index (χ1v) is 14.8. The molecule has 7 rings (SSSR count). The average Bonchev–Trinajstić information content (AvgIpc) is 3.12. The van der Waals surface area contributed by atoms with Gasteiger partial charge in [0.05, 0.1) is 11.6 Å². The van der Waals surface area contributed by atoms with Crippen LogP contribution in [0.3, 0.4) is 0 Å². The molecule has 0 saturated heterocycles. The first kappa shape index (κ1) is 27.6. The summed E-state index contributed by atoms with van der Waals surface area (Å²) < 4.78 is 0. The van der Waals surface area contributed by atoms with Gasteiger partial charge in [0.2, 0.25) is 0 Å². The molecule has 212 valence electrons. The van der Waals surface area contributed by atoms with Gasteiger partial charge in [-0.2, -0.15) is 5.26 Å². The predicted molar refractivity (Wildman–Crippen MR) is 182 cm³/mol. The molecule has 0 radical (unpaired) electrons. The van der Waals surface area contributed by atoms with Crippen molar-refractivity contribution in [1.82, 2.24) is 15.0 Å². The zero-order valence-electron chi connectivity index (χ0n) is 24.7. The number of nitriles is 1. The summed E-state index contributed by atoms with van der Waals surface area (Å²) in [6.07, 6.45) is 0. The largest absolute Gasteiger partial charge is 0.208 e. The van der Waals surface area contributed by atoms with Crippen molar-refractivity contribution in [1.29, 1.82) is 5.26 Å². The fourth-order valence-corrected chi connectivity index (χ4v) is 5.50. The first-order chi connectivity index (χ1) is 22.1. The van der Waals surface area contributed by atoms with E-state index >= 15 is 0 Å². The minimum absolute atomic E-state index is 0.616. The van der Waals surface area contributed by atoms with Crippen molar-refractivity contribution in [3.63, 3.8) is 0 Å². The molecule has 4 heteroatoms. The third-order valence-electron chi connectivity index (χ3n) is 7.76. The third-order valence-corrected chi connectivity index (χ3v) is 7.76. The molecule has 0 aliphatic carbocycles. The van der Waals surface area contributed by atoms with Gasteiger partial charge in [0, 0.05) is 16.7 Å². The lowest BCUT2D eigenvalue weighted by atomic mass is 9.93. The van der Waals surface area contributed by atoms with Crippen LogP contribution < -0.4 is 0 Å². The number of aryl methyl sites for hydroxylation is 1. The lowest BCUT2D eigenvalue weighted by molar-refractivity contribution is 1.07. The SMILES string of the molecule is Cc1cccc(-c2cc(C#N)cc(-c3cccc(-c4cccc(-c5nc(-c6ccccc6)nc(-c6ccccc6)n5)c4)c3)c2)c1. The van der Waals surface area contributed by atoms with Crippen molar-refractivity contribution in [2.24, 2.45) is 0 Å². The van der Waals surface area contributed by atoms with Crippen LogP contribution >= 0.6 is 0 Å². The summed E-state index contributed by atoms with van der Waals surface area (Å²) in [6, 6.07) is 53.5. The molecule has 0 N–H and O–H groups in total. The minimum atomic E-state index is 0.616. The maximum absolute atomic E-state index is 9.82. The monoisotopic (exact) mass is 576 g/mol. The molecule has 0 bridgehead atoms. The van der Waals surface area contributed by atoms with Crippen LogP contribution in [0.15, 0.2) is 152 Å². The van der Waals surface area contributed by atoms with Gasteiger partial charge in [0.15, 0.2) is 17.5 Å². The highest BCUT2D eigenvalue weighted by atomic mass is 15.0. The fourth-order valence-electron chi connectivity index (χ4n) is 5.50. The summed E-state index contributed by atoms with van der Waals surface area (Å²) in [4.78, 5) is 14.6. The molecule has 0 spiro atoms. The second kappa shape index (κ2) is 12.2. The smallest absolute Gasteiger partial charge is 0.164 e. The molecule has 0 aliphatic heterocycles. The van der Waals surface area contributed by atoms with Crippen LogP contribution in [0.5, 0.6) is 0 Å². The van der Waals surface area contributed by atoms with Gasteiger partial charge in [-0.3, -0.25) is 0 Å². The summed E-state index contributed by atoms with van der Waals surface area (Å²) in [6.45, 7) is 2.08. The Kier molecular flexibility index (Phi) is 7.50. The van der Waals surface area contributed by atoms with Gasteiger partial charge in [-0.25, -0.2) is 15.0 Å². The molecule has 1 aromatic heterocycles. The summed E-state index contributed by atoms with van der Waals surface area (Å²) in [5.41, 5.74) is 10.9. The quantitative estimate of drug-likeness (QED) is 0.198. The van der Waals surface area contributed by atoms with E-state index in [9.17, 15) is 5.26 Å². The zero-order valence-corrected chi connectivity index (χ0v) is 24.7. The number of aromatic nitrogens is 3. The van der Waals surface area contributed by atoms with Gasteiger partial charge in [0.25, 0.3) is 0 Å². The Morgan fingerprint density at radius 1 is 0.378 bits per heavy atom. The molecule has 6 aromatic carbocycles. The van der Waals surface area contributed by atoms with Gasteiger partial charge in [-0.15, -0.1) is 0 Å². The van der Waals surface area contributed by atoms with Gasteiger partial charge in [0.1, 0.15) is 0 Å². The highest BCUT2D eigenvalue weighted by Crippen LogP contribution is 2.33. The lowest BCUT2D eigenvalue weighted by Crippen LogP contribution is -2.00. The molecule has 45 heavy (non-hydrogen) atoms. The van der Waals surface area contributed by atoms with Gasteiger partial charge in [-0.05, 0) is 70.6 Å². The van der Waals surface area contributed by atoms with Crippen molar-refractivity contribution in [3.8, 4) is 73.6 Å². The molecule has 4 nitrogen and oxygen atoms in total. The Hall–Kier alpha value is -6.18. The second-order valence-corrected chi connectivity index (χ2v) is 11.0. The van der Waals surface area contributed by atoms with Crippen LogP contribution in [0.4, 0.5) is 0 Å². The van der Waals surface area contributed by atoms with E-state index in [0.29, 0.717) is 23.0 Å². The van der Waals surface area contributed by atoms with Crippen molar-refractivity contribution < 1.29 is 0 Å². The Bertz CT molecular complexity index is 2120. The van der Waals surface area contributed by atoms with Crippen LogP contribution in [0.1, 0.15) is 11.1 Å². The summed E-state index contributed by atoms with van der Waals surface area (Å²) >= 11 is 0. The zero-order chi connectivity index (χ0) is 30.6. The molecule has 0 fully saturated rings. The van der Waals surface area contributed by atoms with E-state index in [1.54, 1.807) is 0 Å². The third kappa shape index (κ3) is 6.01. The van der Waals surface area contributed by atoms with E-state index in [1.165, 1.54) is 5.56 Å². The number of hydrogen-bond acceptors (Lipinski definition) is 4. The number of benzene rings is 6. The second-order valence-electron chi connectivity index (χ2n) is 11.0. The van der Waals surface area contributed by atoms with Gasteiger partial charge < -0.3 is 0 Å². The van der Waals surface area contributed by atoms with Crippen LogP contribution in [0.25, 0.3) is 67.5 Å². The highest BCUT2D eigenvalue weighted by Gasteiger charge is 2.13. The molecule has 7 aromatic rings. The van der Waals surface area contributed by atoms with E-state index in [1.807, 2.05) is 84.9 Å². The van der Waals surface area contributed by atoms with Gasteiger partial charge >= 0.3 is 0 Å². The normalized spacial score (nSPS) is 10.8. The molecule has 0 aliphatic rings. The molecule has 1 heterocycles. The molecule has 0 saturated carbocycles. The topological polar surface area (TPSA) is 62.5 Å². The van der Waals surface area contributed by atoms with E-state index in [-0.39, 0.29) is 0 Å². The van der Waals surface area contributed by atoms with E-state index in [0.717, 1.165) is 50.1 Å². The Morgan fingerprint density at radius 2 is 0.756 bits per heavy atom. The summed E-state index contributed by atoms with van der Waals surface area (Å²) in [5, 5.41) is 9.82. The maximum Gasteiger partial charge on any atom is 0.164 e. The van der Waals surface area contributed by atoms with Crippen molar-refractivity contribution >= 4 is 0 Å². The fraction of sp³-hybridized carbons (Fsp3) is 0.0244. The van der Waals surface area contributed by atoms with Crippen LogP contribution in [0.2, 0.25) is 0 Å². The van der Waals surface area contributed by atoms with Gasteiger partial charge in [-0.1, -0.05) is 127 Å². The molecule has 0 amide bonds. The van der Waals surface area contributed by atoms with Crippen molar-refractivity contribution in [2.45, 2.75) is 6.92 Å². The van der Waals surface area contributed by atoms with Crippen molar-refractivity contribution in [3.05, 3.63) is 163 Å². The van der Waals surface area contributed by atoms with Crippen LogP contribution in [0, 0.1) is 18.3 Å². The first-order valence-electron chi connectivity index (χ1n) is 14.8. The molecular weight excluding hydrogens is 548 g/mol. The average molecular weight is 577 g/mol. The van der Waals surface area contributed by atoms with Crippen molar-refractivity contribution in [2.75, 3.05) is 0 Å². The summed E-state index contributed by atoms with van der Waals surface area (Å²) in [7, 11) is 0. The van der Waals surface area contributed by atoms with Crippen LogP contribution in [-0.4, -0.2) is 15.0 Å². The Balaban J connectivity index is 1.29. The molecule has 0 unspecified atom stereocenters.